The van der Waals surface area contributed by atoms with E-state index in [2.05, 4.69) is 5.32 Å². The third-order valence-electron chi connectivity index (χ3n) is 2.38. The van der Waals surface area contributed by atoms with Crippen LogP contribution in [0, 0.1) is 0 Å². The van der Waals surface area contributed by atoms with Gasteiger partial charge in [0.05, 0.1) is 6.10 Å². The molecule has 1 atom stereocenters. The maximum Gasteiger partial charge on any atom is 0.219 e. The Morgan fingerprint density at radius 3 is 2.73 bits per heavy atom. The maximum atomic E-state index is 11.3. The summed E-state index contributed by atoms with van der Waals surface area (Å²) < 4.78 is 0. The van der Waals surface area contributed by atoms with Crippen molar-refractivity contribution in [2.24, 2.45) is 5.73 Å². The van der Waals surface area contributed by atoms with Crippen LogP contribution in [0.1, 0.15) is 45.4 Å². The van der Waals surface area contributed by atoms with Gasteiger partial charge in [0, 0.05) is 13.0 Å². The Bertz CT molecular complexity index is 163. The molecular formula is C11H24N2O2. The van der Waals surface area contributed by atoms with Crippen LogP contribution in [0.3, 0.4) is 0 Å². The zero-order valence-electron chi connectivity index (χ0n) is 9.67. The Balaban J connectivity index is 3.26. The minimum Gasteiger partial charge on any atom is -0.393 e. The van der Waals surface area contributed by atoms with Gasteiger partial charge in [-0.3, -0.25) is 4.79 Å². The number of rotatable bonds is 9. The summed E-state index contributed by atoms with van der Waals surface area (Å²) in [6.45, 7) is 3.20. The molecule has 1 unspecified atom stereocenters. The standard InChI is InChI=1S/C11H24N2O2/c1-2-10(14)7-9-13-11(15)6-4-3-5-8-12/h10,14H,2-9,12H2,1H3,(H,13,15). The van der Waals surface area contributed by atoms with E-state index in [0.29, 0.717) is 25.9 Å². The molecule has 0 aromatic rings. The van der Waals surface area contributed by atoms with Crippen molar-refractivity contribution in [3.05, 3.63) is 0 Å². The van der Waals surface area contributed by atoms with Crippen molar-refractivity contribution in [2.45, 2.75) is 51.6 Å². The fourth-order valence-corrected chi connectivity index (χ4v) is 1.28. The van der Waals surface area contributed by atoms with Gasteiger partial charge in [0.25, 0.3) is 0 Å². The molecule has 4 heteroatoms. The fourth-order valence-electron chi connectivity index (χ4n) is 1.28. The van der Waals surface area contributed by atoms with E-state index in [0.717, 1.165) is 25.7 Å². The van der Waals surface area contributed by atoms with Crippen LogP contribution in [-0.4, -0.2) is 30.2 Å². The average Bonchev–Trinajstić information content (AvgIpc) is 2.24. The Hall–Kier alpha value is -0.610. The van der Waals surface area contributed by atoms with Crippen LogP contribution in [0.4, 0.5) is 0 Å². The first kappa shape index (κ1) is 14.4. The van der Waals surface area contributed by atoms with Crippen LogP contribution in [-0.2, 0) is 4.79 Å². The van der Waals surface area contributed by atoms with Gasteiger partial charge in [-0.05, 0) is 32.2 Å². The fraction of sp³-hybridized carbons (Fsp3) is 0.909. The molecular weight excluding hydrogens is 192 g/mol. The highest BCUT2D eigenvalue weighted by Gasteiger charge is 2.03. The minimum absolute atomic E-state index is 0.0790. The van der Waals surface area contributed by atoms with Crippen LogP contribution < -0.4 is 11.1 Å². The van der Waals surface area contributed by atoms with Crippen molar-refractivity contribution in [1.29, 1.82) is 0 Å². The lowest BCUT2D eigenvalue weighted by molar-refractivity contribution is -0.121. The second-order valence-corrected chi connectivity index (χ2v) is 3.80. The predicted octanol–water partition coefficient (Wildman–Crippen LogP) is 0.783. The number of hydrogen-bond acceptors (Lipinski definition) is 3. The molecule has 0 aromatic heterocycles. The molecule has 0 bridgehead atoms. The van der Waals surface area contributed by atoms with E-state index < -0.39 is 0 Å². The van der Waals surface area contributed by atoms with E-state index in [1.165, 1.54) is 0 Å². The minimum atomic E-state index is -0.289. The van der Waals surface area contributed by atoms with E-state index in [9.17, 15) is 9.90 Å². The van der Waals surface area contributed by atoms with Gasteiger partial charge < -0.3 is 16.2 Å². The van der Waals surface area contributed by atoms with Gasteiger partial charge in [-0.2, -0.15) is 0 Å². The lowest BCUT2D eigenvalue weighted by Crippen LogP contribution is -2.26. The Labute approximate surface area is 92.2 Å². The third kappa shape index (κ3) is 9.69. The quantitative estimate of drug-likeness (QED) is 0.499. The van der Waals surface area contributed by atoms with Crippen molar-refractivity contribution >= 4 is 5.91 Å². The lowest BCUT2D eigenvalue weighted by Gasteiger charge is -2.08. The van der Waals surface area contributed by atoms with E-state index in [1.807, 2.05) is 6.92 Å². The van der Waals surface area contributed by atoms with E-state index in [4.69, 9.17) is 5.73 Å². The normalized spacial score (nSPS) is 12.5. The van der Waals surface area contributed by atoms with E-state index in [1.54, 1.807) is 0 Å². The first-order valence-corrected chi connectivity index (χ1v) is 5.85. The lowest BCUT2D eigenvalue weighted by atomic mass is 10.2. The summed E-state index contributed by atoms with van der Waals surface area (Å²) in [5.74, 6) is 0.0790. The molecule has 0 rings (SSSR count). The number of nitrogens with two attached hydrogens (primary N) is 1. The number of carbonyl (C=O) groups excluding carboxylic acids is 1. The Kier molecular flexibility index (Phi) is 9.52. The monoisotopic (exact) mass is 216 g/mol. The van der Waals surface area contributed by atoms with Crippen LogP contribution >= 0.6 is 0 Å². The molecule has 4 N–H and O–H groups in total. The maximum absolute atomic E-state index is 11.3. The number of amides is 1. The summed E-state index contributed by atoms with van der Waals surface area (Å²) in [6, 6.07) is 0. The molecule has 0 heterocycles. The molecule has 0 fully saturated rings. The van der Waals surface area contributed by atoms with Gasteiger partial charge in [0.1, 0.15) is 0 Å². The Morgan fingerprint density at radius 2 is 2.13 bits per heavy atom. The smallest absolute Gasteiger partial charge is 0.219 e. The molecule has 0 radical (unpaired) electrons. The largest absolute Gasteiger partial charge is 0.393 e. The van der Waals surface area contributed by atoms with Gasteiger partial charge in [-0.25, -0.2) is 0 Å². The molecule has 0 aromatic carbocycles. The van der Waals surface area contributed by atoms with Gasteiger partial charge >= 0.3 is 0 Å². The number of carbonyl (C=O) groups is 1. The van der Waals surface area contributed by atoms with Crippen molar-refractivity contribution < 1.29 is 9.90 Å². The second-order valence-electron chi connectivity index (χ2n) is 3.80. The topological polar surface area (TPSA) is 75.3 Å². The van der Waals surface area contributed by atoms with Crippen LogP contribution in [0.2, 0.25) is 0 Å². The van der Waals surface area contributed by atoms with Crippen molar-refractivity contribution in [3.63, 3.8) is 0 Å². The first-order valence-electron chi connectivity index (χ1n) is 5.85. The van der Waals surface area contributed by atoms with Gasteiger partial charge in [-0.1, -0.05) is 13.3 Å². The summed E-state index contributed by atoms with van der Waals surface area (Å²) in [4.78, 5) is 11.3. The highest BCUT2D eigenvalue weighted by molar-refractivity contribution is 5.75. The van der Waals surface area contributed by atoms with Crippen molar-refractivity contribution in [3.8, 4) is 0 Å². The molecule has 0 saturated carbocycles. The zero-order valence-corrected chi connectivity index (χ0v) is 9.67. The van der Waals surface area contributed by atoms with E-state index in [-0.39, 0.29) is 12.0 Å². The Morgan fingerprint density at radius 1 is 1.40 bits per heavy atom. The number of aliphatic hydroxyl groups is 1. The zero-order chi connectivity index (χ0) is 11.5. The molecule has 0 aliphatic heterocycles. The molecule has 0 aliphatic rings. The molecule has 0 saturated heterocycles. The number of hydrogen-bond donors (Lipinski definition) is 3. The first-order chi connectivity index (χ1) is 7.20. The summed E-state index contributed by atoms with van der Waals surface area (Å²) >= 11 is 0. The highest BCUT2D eigenvalue weighted by Crippen LogP contribution is 1.99. The summed E-state index contributed by atoms with van der Waals surface area (Å²) in [6.07, 6.45) is 4.57. The van der Waals surface area contributed by atoms with Crippen molar-refractivity contribution in [1.82, 2.24) is 5.32 Å². The number of unbranched alkanes of at least 4 members (excludes halogenated alkanes) is 2. The van der Waals surface area contributed by atoms with Crippen LogP contribution in [0.25, 0.3) is 0 Å². The molecule has 1 amide bonds. The summed E-state index contributed by atoms with van der Waals surface area (Å²) in [5, 5.41) is 12.0. The SMILES string of the molecule is CCC(O)CCNC(=O)CCCCCN. The molecule has 15 heavy (non-hydrogen) atoms. The van der Waals surface area contributed by atoms with Gasteiger partial charge in [0.15, 0.2) is 0 Å². The predicted molar refractivity (Wildman–Crippen MR) is 61.4 cm³/mol. The average molecular weight is 216 g/mol. The molecule has 0 aliphatic carbocycles. The number of nitrogens with one attached hydrogen (secondary N) is 1. The second kappa shape index (κ2) is 9.93. The number of aliphatic hydroxyl groups excluding tert-OH is 1. The van der Waals surface area contributed by atoms with Crippen LogP contribution in [0.5, 0.6) is 0 Å². The van der Waals surface area contributed by atoms with E-state index >= 15 is 0 Å². The van der Waals surface area contributed by atoms with Crippen LogP contribution in [0.15, 0.2) is 0 Å². The summed E-state index contributed by atoms with van der Waals surface area (Å²) in [7, 11) is 0. The third-order valence-corrected chi connectivity index (χ3v) is 2.38. The highest BCUT2D eigenvalue weighted by atomic mass is 16.3. The molecule has 0 spiro atoms. The van der Waals surface area contributed by atoms with Crippen molar-refractivity contribution in [2.75, 3.05) is 13.1 Å². The van der Waals surface area contributed by atoms with Gasteiger partial charge in [0.2, 0.25) is 5.91 Å². The molecule has 90 valence electrons. The van der Waals surface area contributed by atoms with Gasteiger partial charge in [-0.15, -0.1) is 0 Å². The summed E-state index contributed by atoms with van der Waals surface area (Å²) in [5.41, 5.74) is 5.35. The molecule has 4 nitrogen and oxygen atoms in total.